The fourth-order valence-electron chi connectivity index (χ4n) is 3.11. The first-order chi connectivity index (χ1) is 13.1. The van der Waals surface area contributed by atoms with Crippen molar-refractivity contribution in [2.24, 2.45) is 0 Å². The van der Waals surface area contributed by atoms with Crippen LogP contribution in [0.1, 0.15) is 24.4 Å². The van der Waals surface area contributed by atoms with E-state index in [1.165, 1.54) is 16.9 Å². The van der Waals surface area contributed by atoms with E-state index in [9.17, 15) is 4.79 Å². The molecule has 2 aromatic carbocycles. The molecule has 0 aliphatic rings. The van der Waals surface area contributed by atoms with E-state index in [1.54, 1.807) is 0 Å². The van der Waals surface area contributed by atoms with E-state index in [0.717, 1.165) is 16.0 Å². The molecule has 4 aromatic rings. The first kappa shape index (κ1) is 17.9. The number of quaternary nitrogens is 1. The summed E-state index contributed by atoms with van der Waals surface area (Å²) in [6.45, 7) is 2.77. The molecular weight excluding hydrogens is 378 g/mol. The molecule has 0 spiro atoms. The van der Waals surface area contributed by atoms with Crippen LogP contribution in [0.4, 0.5) is 0 Å². The Morgan fingerprint density at radius 3 is 2.63 bits per heavy atom. The second-order valence-corrected chi connectivity index (χ2v) is 7.78. The van der Waals surface area contributed by atoms with Gasteiger partial charge in [-0.1, -0.05) is 54.1 Å². The minimum Gasteiger partial charge on any atom is -0.334 e. The summed E-state index contributed by atoms with van der Waals surface area (Å²) >= 11 is 7.46. The van der Waals surface area contributed by atoms with Crippen molar-refractivity contribution in [3.63, 3.8) is 0 Å². The molecular formula is C21H19ClN3OS+. The third-order valence-electron chi connectivity index (χ3n) is 4.64. The fraction of sp³-hybridized carbons (Fsp3) is 0.143. The van der Waals surface area contributed by atoms with Gasteiger partial charge in [0.15, 0.2) is 5.82 Å². The highest BCUT2D eigenvalue weighted by Crippen LogP contribution is 2.31. The number of fused-ring (bicyclic) bond motifs is 1. The Balaban J connectivity index is 1.59. The van der Waals surface area contributed by atoms with Crippen LogP contribution < -0.4 is 10.9 Å². The predicted octanol–water partition coefficient (Wildman–Crippen LogP) is 4.13. The Morgan fingerprint density at radius 2 is 1.89 bits per heavy atom. The number of thiophene rings is 1. The lowest BCUT2D eigenvalue weighted by atomic mass is 10.1. The summed E-state index contributed by atoms with van der Waals surface area (Å²) in [5, 5.41) is 5.47. The number of rotatable bonds is 5. The van der Waals surface area contributed by atoms with E-state index in [-0.39, 0.29) is 5.56 Å². The van der Waals surface area contributed by atoms with Crippen LogP contribution in [0.2, 0.25) is 5.02 Å². The van der Waals surface area contributed by atoms with Crippen LogP contribution in [0, 0.1) is 0 Å². The van der Waals surface area contributed by atoms with Gasteiger partial charge in [-0.05, 0) is 24.6 Å². The smallest absolute Gasteiger partial charge is 0.260 e. The molecule has 0 saturated heterocycles. The number of nitrogens with one attached hydrogen (secondary N) is 1. The van der Waals surface area contributed by atoms with Crippen molar-refractivity contribution >= 4 is 33.2 Å². The Bertz CT molecular complexity index is 1120. The zero-order valence-corrected chi connectivity index (χ0v) is 16.3. The highest BCUT2D eigenvalue weighted by Gasteiger charge is 2.15. The van der Waals surface area contributed by atoms with Crippen molar-refractivity contribution < 1.29 is 5.32 Å². The number of H-pyrrole nitrogens is 1. The number of nitrogens with two attached hydrogens (primary N) is 1. The quantitative estimate of drug-likeness (QED) is 0.532. The number of aromatic nitrogens is 2. The van der Waals surface area contributed by atoms with Crippen LogP contribution in [-0.4, -0.2) is 9.97 Å². The van der Waals surface area contributed by atoms with E-state index in [4.69, 9.17) is 11.6 Å². The minimum absolute atomic E-state index is 0.0954. The lowest BCUT2D eigenvalue weighted by Crippen LogP contribution is -2.83. The highest BCUT2D eigenvalue weighted by molar-refractivity contribution is 7.17. The van der Waals surface area contributed by atoms with Gasteiger partial charge in [0.25, 0.3) is 5.56 Å². The van der Waals surface area contributed by atoms with Gasteiger partial charge in [-0.25, -0.2) is 4.98 Å². The molecule has 4 rings (SSSR count). The molecule has 3 N–H and O–H groups in total. The maximum Gasteiger partial charge on any atom is 0.260 e. The topological polar surface area (TPSA) is 62.4 Å². The minimum atomic E-state index is -0.0954. The first-order valence-electron chi connectivity index (χ1n) is 8.76. The molecule has 0 aliphatic heterocycles. The number of nitrogens with zero attached hydrogens (tertiary/aromatic N) is 1. The van der Waals surface area contributed by atoms with Crippen LogP contribution >= 0.6 is 22.9 Å². The van der Waals surface area contributed by atoms with E-state index in [1.807, 2.05) is 47.8 Å². The molecule has 0 fully saturated rings. The van der Waals surface area contributed by atoms with E-state index < -0.39 is 0 Å². The molecule has 0 unspecified atom stereocenters. The number of halogens is 1. The van der Waals surface area contributed by atoms with Crippen molar-refractivity contribution in [1.29, 1.82) is 0 Å². The molecule has 0 aliphatic carbocycles. The van der Waals surface area contributed by atoms with Gasteiger partial charge in [-0.15, -0.1) is 11.3 Å². The van der Waals surface area contributed by atoms with E-state index >= 15 is 0 Å². The molecule has 27 heavy (non-hydrogen) atoms. The van der Waals surface area contributed by atoms with Crippen LogP contribution in [-0.2, 0) is 6.54 Å². The van der Waals surface area contributed by atoms with Gasteiger partial charge in [-0.3, -0.25) is 4.79 Å². The van der Waals surface area contributed by atoms with Crippen molar-refractivity contribution in [1.82, 2.24) is 9.97 Å². The van der Waals surface area contributed by atoms with Gasteiger partial charge in [0.05, 0.1) is 5.39 Å². The summed E-state index contributed by atoms with van der Waals surface area (Å²) in [4.78, 5) is 21.1. The van der Waals surface area contributed by atoms with Crippen LogP contribution in [0.5, 0.6) is 0 Å². The molecule has 0 radical (unpaired) electrons. The summed E-state index contributed by atoms with van der Waals surface area (Å²) < 4.78 is 0. The molecule has 0 saturated carbocycles. The van der Waals surface area contributed by atoms with Crippen molar-refractivity contribution in [2.45, 2.75) is 19.5 Å². The number of hydrogen-bond donors (Lipinski definition) is 2. The third-order valence-corrected chi connectivity index (χ3v) is 5.76. The standard InChI is InChI=1S/C21H18ClN3OS/c1-13(14-5-3-2-4-6-14)23-11-18-24-20(26)19-17(12-27-21(19)25-18)15-7-9-16(22)10-8-15/h2-10,12-13,23H,11H2,1H3,(H,24,25,26)/p+1/t13-/m1/s1. The number of aromatic amines is 1. The number of hydrogen-bond acceptors (Lipinski definition) is 3. The summed E-state index contributed by atoms with van der Waals surface area (Å²) in [6.07, 6.45) is 0. The van der Waals surface area contributed by atoms with Crippen molar-refractivity contribution in [3.8, 4) is 11.1 Å². The molecule has 0 bridgehead atoms. The molecule has 0 amide bonds. The van der Waals surface area contributed by atoms with E-state index in [2.05, 4.69) is 34.3 Å². The molecule has 2 aromatic heterocycles. The van der Waals surface area contributed by atoms with Gasteiger partial charge in [0.1, 0.15) is 17.4 Å². The lowest BCUT2D eigenvalue weighted by Gasteiger charge is -2.10. The first-order valence-corrected chi connectivity index (χ1v) is 10.0. The third kappa shape index (κ3) is 3.81. The second-order valence-electron chi connectivity index (χ2n) is 6.49. The molecule has 2 heterocycles. The fourth-order valence-corrected chi connectivity index (χ4v) is 4.21. The SMILES string of the molecule is C[C@@H]([NH2+]Cc1nc2scc(-c3ccc(Cl)cc3)c2c(=O)[nH]1)c1ccccc1. The zero-order chi connectivity index (χ0) is 18.8. The molecule has 6 heteroatoms. The molecule has 136 valence electrons. The Morgan fingerprint density at radius 1 is 1.15 bits per heavy atom. The monoisotopic (exact) mass is 396 g/mol. The van der Waals surface area contributed by atoms with Crippen molar-refractivity contribution in [2.75, 3.05) is 0 Å². The van der Waals surface area contributed by atoms with Crippen LogP contribution in [0.15, 0.2) is 64.8 Å². The van der Waals surface area contributed by atoms with Gasteiger partial charge in [0.2, 0.25) is 0 Å². The normalized spacial score (nSPS) is 12.4. The maximum atomic E-state index is 12.7. The van der Waals surface area contributed by atoms with Crippen LogP contribution in [0.25, 0.3) is 21.3 Å². The van der Waals surface area contributed by atoms with Crippen molar-refractivity contribution in [3.05, 3.63) is 86.7 Å². The van der Waals surface area contributed by atoms with Crippen LogP contribution in [0.3, 0.4) is 0 Å². The summed E-state index contributed by atoms with van der Waals surface area (Å²) in [5.41, 5.74) is 3.02. The number of benzene rings is 2. The average molecular weight is 397 g/mol. The summed E-state index contributed by atoms with van der Waals surface area (Å²) in [5.74, 6) is 0.694. The highest BCUT2D eigenvalue weighted by atomic mass is 35.5. The summed E-state index contributed by atoms with van der Waals surface area (Å²) in [7, 11) is 0. The Kier molecular flexibility index (Phi) is 5.07. The second kappa shape index (κ2) is 7.64. The average Bonchev–Trinajstić information content (AvgIpc) is 3.12. The van der Waals surface area contributed by atoms with Gasteiger partial charge in [-0.2, -0.15) is 0 Å². The summed E-state index contributed by atoms with van der Waals surface area (Å²) in [6, 6.07) is 18.1. The predicted molar refractivity (Wildman–Crippen MR) is 111 cm³/mol. The molecule has 4 nitrogen and oxygen atoms in total. The zero-order valence-electron chi connectivity index (χ0n) is 14.8. The van der Waals surface area contributed by atoms with Gasteiger partial charge in [0, 0.05) is 21.5 Å². The largest absolute Gasteiger partial charge is 0.334 e. The Hall–Kier alpha value is -2.47. The van der Waals surface area contributed by atoms with Gasteiger partial charge >= 0.3 is 0 Å². The lowest BCUT2D eigenvalue weighted by molar-refractivity contribution is -0.708. The maximum absolute atomic E-state index is 12.7. The molecule has 1 atom stereocenters. The van der Waals surface area contributed by atoms with Gasteiger partial charge < -0.3 is 10.3 Å². The Labute approximate surface area is 165 Å². The van der Waals surface area contributed by atoms with E-state index in [0.29, 0.717) is 28.8 Å².